The summed E-state index contributed by atoms with van der Waals surface area (Å²) in [6.45, 7) is 4.20. The number of hydrogen-bond acceptors (Lipinski definition) is 7. The molecule has 0 spiro atoms. The summed E-state index contributed by atoms with van der Waals surface area (Å²) in [5.41, 5.74) is 3.24. The minimum atomic E-state index is -0.859. The van der Waals surface area contributed by atoms with Gasteiger partial charge in [0.25, 0.3) is 5.78 Å². The van der Waals surface area contributed by atoms with Crippen LogP contribution in [0.15, 0.2) is 82.8 Å². The van der Waals surface area contributed by atoms with Crippen molar-refractivity contribution in [3.05, 3.63) is 110 Å². The number of nitrogens with zero attached hydrogens (tertiary/aromatic N) is 3. The Morgan fingerprint density at radius 1 is 1.03 bits per heavy atom. The standard InChI is InChI=1S/C28H22BrN3O4S/c1-16-5-3-6-18(13-16)15-36-22-11-9-19(10-12-22)25(33)23-24(20-7-4-8-21(29)14-20)32(27(35)26(23)34)28-31-30-17(2)37-28/h3-14,24,33H,15H2,1-2H3/b25-23+. The monoisotopic (exact) mass is 575 g/mol. The number of rotatable bonds is 6. The molecule has 186 valence electrons. The zero-order valence-electron chi connectivity index (χ0n) is 20.0. The molecule has 0 radical (unpaired) electrons. The lowest BCUT2D eigenvalue weighted by atomic mass is 9.95. The molecule has 1 aliphatic heterocycles. The average molecular weight is 576 g/mol. The minimum absolute atomic E-state index is 0.00983. The van der Waals surface area contributed by atoms with E-state index in [1.54, 1.807) is 37.3 Å². The molecule has 7 nitrogen and oxygen atoms in total. The van der Waals surface area contributed by atoms with Crippen molar-refractivity contribution >= 4 is 49.8 Å². The van der Waals surface area contributed by atoms with Crippen molar-refractivity contribution in [2.24, 2.45) is 0 Å². The van der Waals surface area contributed by atoms with Crippen LogP contribution in [0.4, 0.5) is 5.13 Å². The first kappa shape index (κ1) is 24.9. The highest BCUT2D eigenvalue weighted by Gasteiger charge is 2.48. The molecule has 37 heavy (non-hydrogen) atoms. The molecule has 4 aromatic rings. The third kappa shape index (κ3) is 5.05. The Morgan fingerprint density at radius 2 is 1.78 bits per heavy atom. The molecule has 1 fully saturated rings. The first-order valence-electron chi connectivity index (χ1n) is 11.5. The summed E-state index contributed by atoms with van der Waals surface area (Å²) < 4.78 is 6.66. The van der Waals surface area contributed by atoms with Gasteiger partial charge in [0.05, 0.1) is 11.6 Å². The number of aliphatic hydroxyl groups excluding tert-OH is 1. The molecular weight excluding hydrogens is 554 g/mol. The van der Waals surface area contributed by atoms with Crippen molar-refractivity contribution in [2.45, 2.75) is 26.5 Å². The van der Waals surface area contributed by atoms with Gasteiger partial charge in [-0.1, -0.05) is 69.2 Å². The fourth-order valence-corrected chi connectivity index (χ4v) is 5.37. The van der Waals surface area contributed by atoms with Crippen LogP contribution in [0.25, 0.3) is 5.76 Å². The zero-order chi connectivity index (χ0) is 26.1. The van der Waals surface area contributed by atoms with Crippen molar-refractivity contribution in [1.82, 2.24) is 10.2 Å². The molecule has 0 aliphatic carbocycles. The largest absolute Gasteiger partial charge is 0.507 e. The van der Waals surface area contributed by atoms with Gasteiger partial charge in [-0.3, -0.25) is 14.5 Å². The maximum Gasteiger partial charge on any atom is 0.301 e. The Balaban J connectivity index is 1.50. The molecular formula is C28H22BrN3O4S. The van der Waals surface area contributed by atoms with Gasteiger partial charge < -0.3 is 9.84 Å². The maximum atomic E-state index is 13.2. The van der Waals surface area contributed by atoms with Gasteiger partial charge in [-0.25, -0.2) is 0 Å². The Morgan fingerprint density at radius 3 is 2.46 bits per heavy atom. The summed E-state index contributed by atoms with van der Waals surface area (Å²) in [6.07, 6.45) is 0. The van der Waals surface area contributed by atoms with Crippen LogP contribution in [0.3, 0.4) is 0 Å². The second-order valence-corrected chi connectivity index (χ2v) is 10.7. The summed E-state index contributed by atoms with van der Waals surface area (Å²) in [5, 5.41) is 20.4. The van der Waals surface area contributed by atoms with Gasteiger partial charge in [-0.2, -0.15) is 0 Å². The summed E-state index contributed by atoms with van der Waals surface area (Å²) in [4.78, 5) is 27.7. The van der Waals surface area contributed by atoms with E-state index in [9.17, 15) is 14.7 Å². The number of aromatic nitrogens is 2. The molecule has 0 saturated carbocycles. The minimum Gasteiger partial charge on any atom is -0.507 e. The Hall–Kier alpha value is -3.82. The number of ketones is 1. The molecule has 9 heteroatoms. The maximum absolute atomic E-state index is 13.2. The van der Waals surface area contributed by atoms with Gasteiger partial charge in [0.15, 0.2) is 0 Å². The first-order chi connectivity index (χ1) is 17.8. The van der Waals surface area contributed by atoms with Crippen LogP contribution in [-0.4, -0.2) is 27.0 Å². The van der Waals surface area contributed by atoms with E-state index in [0.29, 0.717) is 33.6 Å². The van der Waals surface area contributed by atoms with E-state index in [4.69, 9.17) is 4.74 Å². The highest BCUT2D eigenvalue weighted by atomic mass is 79.9. The van der Waals surface area contributed by atoms with Crippen molar-refractivity contribution < 1.29 is 19.4 Å². The van der Waals surface area contributed by atoms with Crippen LogP contribution in [0.1, 0.15) is 33.3 Å². The van der Waals surface area contributed by atoms with Crippen molar-refractivity contribution in [3.63, 3.8) is 0 Å². The van der Waals surface area contributed by atoms with Crippen LogP contribution in [-0.2, 0) is 16.2 Å². The number of Topliss-reactive ketones (excluding diaryl/α,β-unsaturated/α-hetero) is 1. The number of ether oxygens (including phenoxy) is 1. The number of anilines is 1. The molecule has 3 aromatic carbocycles. The Labute approximate surface area is 226 Å². The van der Waals surface area contributed by atoms with Crippen LogP contribution >= 0.6 is 27.3 Å². The van der Waals surface area contributed by atoms with Crippen LogP contribution in [0.5, 0.6) is 5.75 Å². The second-order valence-electron chi connectivity index (χ2n) is 8.63. The van der Waals surface area contributed by atoms with Gasteiger partial charge in [-0.15, -0.1) is 10.2 Å². The molecule has 1 unspecified atom stereocenters. The van der Waals surface area contributed by atoms with Crippen LogP contribution in [0.2, 0.25) is 0 Å². The SMILES string of the molecule is Cc1cccc(COc2ccc(/C(O)=C3\C(=O)C(=O)N(c4nnc(C)s4)C3c3cccc(Br)c3)cc2)c1. The van der Waals surface area contributed by atoms with Crippen LogP contribution in [0, 0.1) is 13.8 Å². The average Bonchev–Trinajstić information content (AvgIpc) is 3.43. The summed E-state index contributed by atoms with van der Waals surface area (Å²) >= 11 is 4.67. The number of aliphatic hydroxyl groups is 1. The molecule has 1 aromatic heterocycles. The number of carbonyl (C=O) groups excluding carboxylic acids is 2. The number of benzene rings is 3. The predicted octanol–water partition coefficient (Wildman–Crippen LogP) is 6.12. The van der Waals surface area contributed by atoms with Gasteiger partial charge >= 0.3 is 5.91 Å². The molecule has 1 saturated heterocycles. The van der Waals surface area contributed by atoms with Gasteiger partial charge in [0, 0.05) is 10.0 Å². The third-order valence-electron chi connectivity index (χ3n) is 5.95. The lowest BCUT2D eigenvalue weighted by Crippen LogP contribution is -2.29. The Kier molecular flexibility index (Phi) is 6.90. The molecule has 5 rings (SSSR count). The van der Waals surface area contributed by atoms with E-state index in [-0.39, 0.29) is 11.3 Å². The topological polar surface area (TPSA) is 92.6 Å². The number of hydrogen-bond donors (Lipinski definition) is 1. The number of aryl methyl sites for hydroxylation is 2. The Bertz CT molecular complexity index is 1530. The number of carbonyl (C=O) groups is 2. The molecule has 1 atom stereocenters. The lowest BCUT2D eigenvalue weighted by molar-refractivity contribution is -0.132. The van der Waals surface area contributed by atoms with Crippen molar-refractivity contribution in [2.75, 3.05) is 4.90 Å². The normalized spacial score (nSPS) is 16.8. The molecule has 2 heterocycles. The molecule has 1 amide bonds. The molecule has 1 N–H and O–H groups in total. The highest BCUT2D eigenvalue weighted by Crippen LogP contribution is 2.43. The molecule has 1 aliphatic rings. The quantitative estimate of drug-likeness (QED) is 0.169. The lowest BCUT2D eigenvalue weighted by Gasteiger charge is -2.22. The smallest absolute Gasteiger partial charge is 0.301 e. The van der Waals surface area contributed by atoms with E-state index in [1.165, 1.54) is 16.2 Å². The summed E-state index contributed by atoms with van der Waals surface area (Å²) in [5.74, 6) is -1.19. The second kappa shape index (κ2) is 10.3. The van der Waals surface area contributed by atoms with Crippen molar-refractivity contribution in [1.29, 1.82) is 0 Å². The highest BCUT2D eigenvalue weighted by molar-refractivity contribution is 9.10. The van der Waals surface area contributed by atoms with E-state index in [2.05, 4.69) is 32.2 Å². The number of amides is 1. The van der Waals surface area contributed by atoms with Gasteiger partial charge in [0.1, 0.15) is 23.1 Å². The van der Waals surface area contributed by atoms with E-state index in [0.717, 1.165) is 15.6 Å². The summed E-state index contributed by atoms with van der Waals surface area (Å²) in [6, 6.07) is 21.3. The fraction of sp³-hybridized carbons (Fsp3) is 0.143. The van der Waals surface area contributed by atoms with E-state index in [1.807, 2.05) is 43.3 Å². The molecule has 0 bridgehead atoms. The number of halogens is 1. The van der Waals surface area contributed by atoms with E-state index >= 15 is 0 Å². The van der Waals surface area contributed by atoms with Gasteiger partial charge in [0.2, 0.25) is 5.13 Å². The first-order valence-corrected chi connectivity index (χ1v) is 13.1. The van der Waals surface area contributed by atoms with Crippen molar-refractivity contribution in [3.8, 4) is 5.75 Å². The van der Waals surface area contributed by atoms with E-state index < -0.39 is 17.7 Å². The third-order valence-corrected chi connectivity index (χ3v) is 7.28. The zero-order valence-corrected chi connectivity index (χ0v) is 22.4. The summed E-state index contributed by atoms with van der Waals surface area (Å²) in [7, 11) is 0. The fourth-order valence-electron chi connectivity index (χ4n) is 4.24. The van der Waals surface area contributed by atoms with Gasteiger partial charge in [-0.05, 0) is 61.4 Å². The van der Waals surface area contributed by atoms with Crippen LogP contribution < -0.4 is 9.64 Å². The predicted molar refractivity (Wildman–Crippen MR) is 146 cm³/mol.